The van der Waals surface area contributed by atoms with Gasteiger partial charge in [-0.2, -0.15) is 5.26 Å². The van der Waals surface area contributed by atoms with Crippen molar-refractivity contribution in [3.05, 3.63) is 64.7 Å². The first kappa shape index (κ1) is 12.2. The van der Waals surface area contributed by atoms with Crippen molar-refractivity contribution in [2.45, 2.75) is 0 Å². The minimum absolute atomic E-state index is 0.178. The molecule has 0 aromatic heterocycles. The molecular weight excluding hydrogens is 246 g/mol. The average Bonchev–Trinajstić information content (AvgIpc) is 2.37. The molecule has 0 spiro atoms. The van der Waals surface area contributed by atoms with Crippen molar-refractivity contribution < 1.29 is 5.11 Å². The fourth-order valence-corrected chi connectivity index (χ4v) is 1.72. The number of halogens is 1. The molecule has 0 unspecified atom stereocenters. The van der Waals surface area contributed by atoms with Crippen LogP contribution in [-0.4, -0.2) is 5.11 Å². The maximum Gasteiger partial charge on any atom is 0.116 e. The van der Waals surface area contributed by atoms with E-state index in [9.17, 15) is 5.11 Å². The fourth-order valence-electron chi connectivity index (χ4n) is 1.59. The average molecular weight is 256 g/mol. The Kier molecular flexibility index (Phi) is 3.66. The highest BCUT2D eigenvalue weighted by Gasteiger charge is 2.01. The van der Waals surface area contributed by atoms with E-state index in [2.05, 4.69) is 6.07 Å². The van der Waals surface area contributed by atoms with Crippen LogP contribution in [0.4, 0.5) is 0 Å². The number of nitrogens with zero attached hydrogens (tertiary/aromatic N) is 1. The molecule has 0 atom stereocenters. The van der Waals surface area contributed by atoms with Gasteiger partial charge in [-0.25, -0.2) is 0 Å². The number of nitriles is 1. The molecule has 18 heavy (non-hydrogen) atoms. The second-order valence-electron chi connectivity index (χ2n) is 3.77. The zero-order chi connectivity index (χ0) is 13.0. The summed E-state index contributed by atoms with van der Waals surface area (Å²) in [5.74, 6) is 0.178. The first-order valence-electron chi connectivity index (χ1n) is 5.36. The highest BCUT2D eigenvalue weighted by atomic mass is 35.5. The Bertz CT molecular complexity index is 624. The van der Waals surface area contributed by atoms with Gasteiger partial charge in [0.2, 0.25) is 0 Å². The molecule has 3 heteroatoms. The highest BCUT2D eigenvalue weighted by molar-refractivity contribution is 6.30. The Morgan fingerprint density at radius 3 is 2.50 bits per heavy atom. The molecule has 2 aromatic carbocycles. The van der Waals surface area contributed by atoms with E-state index in [1.165, 1.54) is 0 Å². The Morgan fingerprint density at radius 1 is 1.17 bits per heavy atom. The molecular formula is C15H10ClNO. The van der Waals surface area contributed by atoms with Crippen molar-refractivity contribution in [2.24, 2.45) is 0 Å². The Morgan fingerprint density at radius 2 is 1.89 bits per heavy atom. The summed E-state index contributed by atoms with van der Waals surface area (Å²) >= 11 is 5.81. The van der Waals surface area contributed by atoms with Gasteiger partial charge < -0.3 is 5.11 Å². The topological polar surface area (TPSA) is 44.0 Å². The summed E-state index contributed by atoms with van der Waals surface area (Å²) in [5.41, 5.74) is 2.10. The maximum absolute atomic E-state index is 9.38. The summed E-state index contributed by atoms with van der Waals surface area (Å²) < 4.78 is 0. The normalized spacial score (nSPS) is 11.0. The number of allylic oxidation sites excluding steroid dienone is 1. The van der Waals surface area contributed by atoms with Crippen molar-refractivity contribution in [1.82, 2.24) is 0 Å². The number of hydrogen-bond acceptors (Lipinski definition) is 2. The summed E-state index contributed by atoms with van der Waals surface area (Å²) in [6.07, 6.45) is 1.73. The van der Waals surface area contributed by atoms with Gasteiger partial charge in [0.15, 0.2) is 0 Å². The van der Waals surface area contributed by atoms with Crippen molar-refractivity contribution >= 4 is 23.3 Å². The van der Waals surface area contributed by atoms with Gasteiger partial charge in [-0.1, -0.05) is 35.9 Å². The van der Waals surface area contributed by atoms with Crippen LogP contribution in [-0.2, 0) is 0 Å². The summed E-state index contributed by atoms with van der Waals surface area (Å²) in [6.45, 7) is 0. The third kappa shape index (κ3) is 2.91. The van der Waals surface area contributed by atoms with Gasteiger partial charge in [-0.3, -0.25) is 0 Å². The van der Waals surface area contributed by atoms with E-state index in [0.29, 0.717) is 10.6 Å². The monoisotopic (exact) mass is 255 g/mol. The number of hydrogen-bond donors (Lipinski definition) is 1. The molecule has 88 valence electrons. The molecule has 2 nitrogen and oxygen atoms in total. The van der Waals surface area contributed by atoms with Crippen LogP contribution in [0.2, 0.25) is 5.02 Å². The summed E-state index contributed by atoms with van der Waals surface area (Å²) in [6, 6.07) is 16.0. The second kappa shape index (κ2) is 5.39. The molecule has 2 rings (SSSR count). The van der Waals surface area contributed by atoms with Crippen LogP contribution in [0.25, 0.3) is 11.6 Å². The van der Waals surface area contributed by atoms with E-state index in [1.54, 1.807) is 48.5 Å². The van der Waals surface area contributed by atoms with Crippen molar-refractivity contribution in [2.75, 3.05) is 0 Å². The van der Waals surface area contributed by atoms with Crippen LogP contribution >= 0.6 is 11.6 Å². The van der Waals surface area contributed by atoms with E-state index in [4.69, 9.17) is 16.9 Å². The lowest BCUT2D eigenvalue weighted by molar-refractivity contribution is 0.475. The van der Waals surface area contributed by atoms with Gasteiger partial charge >= 0.3 is 0 Å². The van der Waals surface area contributed by atoms with Crippen LogP contribution in [0, 0.1) is 11.3 Å². The lowest BCUT2D eigenvalue weighted by Gasteiger charge is -2.00. The Hall–Kier alpha value is -2.24. The van der Waals surface area contributed by atoms with E-state index < -0.39 is 0 Å². The number of phenolic OH excluding ortho intramolecular Hbond substituents is 1. The van der Waals surface area contributed by atoms with Gasteiger partial charge in [-0.05, 0) is 41.5 Å². The predicted molar refractivity (Wildman–Crippen MR) is 73.0 cm³/mol. The van der Waals surface area contributed by atoms with Gasteiger partial charge in [0, 0.05) is 5.02 Å². The first-order valence-corrected chi connectivity index (χ1v) is 5.73. The van der Waals surface area contributed by atoms with Crippen LogP contribution in [0.3, 0.4) is 0 Å². The standard InChI is InChI=1S/C15H10ClNO/c16-14-6-4-12(5-7-14)13(10-17)8-11-2-1-3-15(18)9-11/h1-9,18H/b13-8+. The zero-order valence-electron chi connectivity index (χ0n) is 9.47. The molecule has 0 aliphatic heterocycles. The SMILES string of the molecule is N#C/C(=C\c1cccc(O)c1)c1ccc(Cl)cc1. The summed E-state index contributed by atoms with van der Waals surface area (Å²) in [7, 11) is 0. The largest absolute Gasteiger partial charge is 0.508 e. The summed E-state index contributed by atoms with van der Waals surface area (Å²) in [5, 5.41) is 19.2. The van der Waals surface area contributed by atoms with E-state index in [-0.39, 0.29) is 5.75 Å². The second-order valence-corrected chi connectivity index (χ2v) is 4.21. The van der Waals surface area contributed by atoms with Crippen LogP contribution in [0.5, 0.6) is 5.75 Å². The third-order valence-corrected chi connectivity index (χ3v) is 2.71. The minimum atomic E-state index is 0.178. The van der Waals surface area contributed by atoms with E-state index >= 15 is 0 Å². The predicted octanol–water partition coefficient (Wildman–Crippen LogP) is 4.11. The number of phenols is 1. The van der Waals surface area contributed by atoms with E-state index in [1.807, 2.05) is 6.07 Å². The summed E-state index contributed by atoms with van der Waals surface area (Å²) in [4.78, 5) is 0. The van der Waals surface area contributed by atoms with Crippen molar-refractivity contribution in [3.63, 3.8) is 0 Å². The highest BCUT2D eigenvalue weighted by Crippen LogP contribution is 2.21. The van der Waals surface area contributed by atoms with Crippen LogP contribution in [0.15, 0.2) is 48.5 Å². The van der Waals surface area contributed by atoms with Crippen LogP contribution in [0.1, 0.15) is 11.1 Å². The van der Waals surface area contributed by atoms with Crippen LogP contribution < -0.4 is 0 Å². The molecule has 2 aromatic rings. The smallest absolute Gasteiger partial charge is 0.116 e. The molecule has 0 radical (unpaired) electrons. The number of rotatable bonds is 2. The van der Waals surface area contributed by atoms with Gasteiger partial charge in [0.1, 0.15) is 5.75 Å². The quantitative estimate of drug-likeness (QED) is 0.648. The molecule has 0 aliphatic rings. The first-order chi connectivity index (χ1) is 8.69. The molecule has 0 saturated carbocycles. The van der Waals surface area contributed by atoms with E-state index in [0.717, 1.165) is 11.1 Å². The molecule has 0 aliphatic carbocycles. The molecule has 0 fully saturated rings. The molecule has 0 amide bonds. The van der Waals surface area contributed by atoms with Crippen molar-refractivity contribution in [1.29, 1.82) is 5.26 Å². The molecule has 1 N–H and O–H groups in total. The molecule has 0 saturated heterocycles. The molecule has 0 heterocycles. The maximum atomic E-state index is 9.38. The van der Waals surface area contributed by atoms with Crippen molar-refractivity contribution in [3.8, 4) is 11.8 Å². The Balaban J connectivity index is 2.40. The fraction of sp³-hybridized carbons (Fsp3) is 0. The Labute approximate surface area is 110 Å². The molecule has 0 bridgehead atoms. The lowest BCUT2D eigenvalue weighted by Crippen LogP contribution is -1.81. The lowest BCUT2D eigenvalue weighted by atomic mass is 10.0. The van der Waals surface area contributed by atoms with Gasteiger partial charge in [0.25, 0.3) is 0 Å². The number of benzene rings is 2. The minimum Gasteiger partial charge on any atom is -0.508 e. The third-order valence-electron chi connectivity index (χ3n) is 2.46. The van der Waals surface area contributed by atoms with Gasteiger partial charge in [0.05, 0.1) is 11.6 Å². The zero-order valence-corrected chi connectivity index (χ0v) is 10.2. The van der Waals surface area contributed by atoms with Gasteiger partial charge in [-0.15, -0.1) is 0 Å². The number of aromatic hydroxyl groups is 1.